The van der Waals surface area contributed by atoms with Gasteiger partial charge in [0.15, 0.2) is 0 Å². The number of nitriles is 1. The van der Waals surface area contributed by atoms with Crippen LogP contribution in [0.2, 0.25) is 0 Å². The van der Waals surface area contributed by atoms with Crippen LogP contribution in [0.4, 0.5) is 0 Å². The lowest BCUT2D eigenvalue weighted by Crippen LogP contribution is -2.35. The smallest absolute Gasteiger partial charge is 0.309 e. The molecule has 0 unspecified atom stereocenters. The molecule has 1 aliphatic carbocycles. The van der Waals surface area contributed by atoms with Crippen LogP contribution in [0.3, 0.4) is 0 Å². The number of hydrogen-bond acceptors (Lipinski definition) is 8. The van der Waals surface area contributed by atoms with Crippen LogP contribution in [0.5, 0.6) is 0 Å². The molecule has 0 aromatic heterocycles. The molecule has 0 aromatic carbocycles. The number of nitrogens with zero attached hydrogens (tertiary/aromatic N) is 2. The van der Waals surface area contributed by atoms with E-state index in [2.05, 4.69) is 19.9 Å². The van der Waals surface area contributed by atoms with Crippen molar-refractivity contribution in [1.29, 1.82) is 5.26 Å². The lowest BCUT2D eigenvalue weighted by atomic mass is 9.82. The minimum absolute atomic E-state index is 0.0742. The number of aliphatic hydroxyl groups excluding tert-OH is 2. The van der Waals surface area contributed by atoms with Crippen molar-refractivity contribution in [1.82, 2.24) is 4.90 Å². The fourth-order valence-electron chi connectivity index (χ4n) is 6.39. The fraction of sp³-hybridized carbons (Fsp3) is 0.781. The molecule has 2 rings (SSSR count). The molecule has 2 aliphatic rings. The molecule has 0 bridgehead atoms. The second-order valence-corrected chi connectivity index (χ2v) is 12.7. The van der Waals surface area contributed by atoms with E-state index in [9.17, 15) is 25.1 Å². The monoisotopic (exact) mass is 560 g/mol. The van der Waals surface area contributed by atoms with Gasteiger partial charge in [-0.05, 0) is 75.9 Å². The summed E-state index contributed by atoms with van der Waals surface area (Å²) in [5.41, 5.74) is 0.304. The van der Waals surface area contributed by atoms with E-state index < -0.39 is 24.3 Å². The van der Waals surface area contributed by atoms with Gasteiger partial charge in [0.05, 0.1) is 36.2 Å². The second-order valence-electron chi connectivity index (χ2n) is 12.7. The summed E-state index contributed by atoms with van der Waals surface area (Å²) >= 11 is 0. The number of cyclic esters (lactones) is 1. The number of hydrogen-bond donors (Lipinski definition) is 2. The Bertz CT molecular complexity index is 910. The van der Waals surface area contributed by atoms with Gasteiger partial charge in [-0.15, -0.1) is 0 Å². The van der Waals surface area contributed by atoms with E-state index in [0.29, 0.717) is 43.4 Å². The van der Waals surface area contributed by atoms with Gasteiger partial charge >= 0.3 is 11.9 Å². The lowest BCUT2D eigenvalue weighted by molar-refractivity contribution is -0.161. The fourth-order valence-corrected chi connectivity index (χ4v) is 6.39. The molecular weight excluding hydrogens is 508 g/mol. The highest BCUT2D eigenvalue weighted by atomic mass is 16.5. The zero-order valence-electron chi connectivity index (χ0n) is 25.4. The Morgan fingerprint density at radius 1 is 1.10 bits per heavy atom. The second kappa shape index (κ2) is 16.9. The molecule has 40 heavy (non-hydrogen) atoms. The number of carbonyl (C=O) groups is 2. The quantitative estimate of drug-likeness (QED) is 0.466. The topological polar surface area (TPSA) is 120 Å². The molecule has 1 fully saturated rings. The van der Waals surface area contributed by atoms with E-state index in [1.165, 1.54) is 0 Å². The molecule has 1 aliphatic heterocycles. The van der Waals surface area contributed by atoms with Crippen molar-refractivity contribution in [3.8, 4) is 6.07 Å². The van der Waals surface area contributed by atoms with E-state index in [-0.39, 0.29) is 36.1 Å². The van der Waals surface area contributed by atoms with E-state index in [1.807, 2.05) is 38.9 Å². The van der Waals surface area contributed by atoms with Gasteiger partial charge in [-0.2, -0.15) is 5.26 Å². The summed E-state index contributed by atoms with van der Waals surface area (Å²) in [6.45, 7) is 9.18. The lowest BCUT2D eigenvalue weighted by Gasteiger charge is -2.29. The third kappa shape index (κ3) is 11.0. The maximum Gasteiger partial charge on any atom is 0.309 e. The first-order chi connectivity index (χ1) is 18.9. The highest BCUT2D eigenvalue weighted by Crippen LogP contribution is 2.38. The van der Waals surface area contributed by atoms with Crippen LogP contribution < -0.4 is 0 Å². The average molecular weight is 561 g/mol. The van der Waals surface area contributed by atoms with Gasteiger partial charge in [0.2, 0.25) is 0 Å². The average Bonchev–Trinajstić information content (AvgIpc) is 3.36. The summed E-state index contributed by atoms with van der Waals surface area (Å²) in [5, 5.41) is 31.4. The number of aliphatic hydroxyl groups is 2. The first-order valence-electron chi connectivity index (χ1n) is 15.1. The van der Waals surface area contributed by atoms with Gasteiger partial charge in [0, 0.05) is 18.9 Å². The third-order valence-corrected chi connectivity index (χ3v) is 8.57. The molecule has 0 radical (unpaired) electrons. The normalized spacial score (nSPS) is 37.4. The molecule has 0 saturated heterocycles. The van der Waals surface area contributed by atoms with Crippen LogP contribution >= 0.6 is 0 Å². The molecular formula is C32H52N2O6. The molecule has 226 valence electrons. The minimum Gasteiger partial charge on any atom is -0.464 e. The van der Waals surface area contributed by atoms with Gasteiger partial charge in [-0.1, -0.05) is 46.3 Å². The maximum absolute atomic E-state index is 13.0. The van der Waals surface area contributed by atoms with Crippen molar-refractivity contribution in [2.75, 3.05) is 27.2 Å². The van der Waals surface area contributed by atoms with Crippen LogP contribution in [-0.4, -0.2) is 72.6 Å². The first kappa shape index (κ1) is 34.0. The van der Waals surface area contributed by atoms with Crippen molar-refractivity contribution < 1.29 is 29.3 Å². The van der Waals surface area contributed by atoms with Crippen molar-refractivity contribution in [2.45, 2.75) is 97.4 Å². The Morgan fingerprint density at radius 3 is 2.42 bits per heavy atom. The van der Waals surface area contributed by atoms with Crippen molar-refractivity contribution in [3.63, 3.8) is 0 Å². The summed E-state index contributed by atoms with van der Waals surface area (Å²) < 4.78 is 11.5. The summed E-state index contributed by atoms with van der Waals surface area (Å²) in [6.07, 6.45) is 7.97. The summed E-state index contributed by atoms with van der Waals surface area (Å²) in [4.78, 5) is 27.9. The molecule has 9 atom stereocenters. The molecule has 0 amide bonds. The molecule has 0 aromatic rings. The number of allylic oxidation sites excluding steroid dienone is 2. The largest absolute Gasteiger partial charge is 0.464 e. The van der Waals surface area contributed by atoms with Crippen LogP contribution in [0.15, 0.2) is 23.8 Å². The van der Waals surface area contributed by atoms with E-state index in [1.54, 1.807) is 12.2 Å². The van der Waals surface area contributed by atoms with Gasteiger partial charge in [0.1, 0.15) is 12.7 Å². The first-order valence-corrected chi connectivity index (χ1v) is 15.1. The van der Waals surface area contributed by atoms with Gasteiger partial charge < -0.3 is 24.6 Å². The van der Waals surface area contributed by atoms with E-state index in [0.717, 1.165) is 32.1 Å². The Hall–Kier alpha value is -2.21. The molecule has 8 heteroatoms. The number of rotatable bonds is 5. The molecule has 8 nitrogen and oxygen atoms in total. The zero-order valence-corrected chi connectivity index (χ0v) is 25.4. The Balaban J connectivity index is 2.28. The molecule has 0 spiro atoms. The van der Waals surface area contributed by atoms with Crippen LogP contribution in [0, 0.1) is 46.8 Å². The predicted molar refractivity (Wildman–Crippen MR) is 155 cm³/mol. The summed E-state index contributed by atoms with van der Waals surface area (Å²) in [7, 11) is 3.84. The van der Waals surface area contributed by atoms with Crippen molar-refractivity contribution >= 4 is 11.9 Å². The predicted octanol–water partition coefficient (Wildman–Crippen LogP) is 4.66. The Labute approximate surface area is 241 Å². The van der Waals surface area contributed by atoms with E-state index in [4.69, 9.17) is 9.47 Å². The highest BCUT2D eigenvalue weighted by molar-refractivity contribution is 5.74. The Kier molecular flexibility index (Phi) is 14.4. The van der Waals surface area contributed by atoms with Crippen LogP contribution in [0.25, 0.3) is 0 Å². The van der Waals surface area contributed by atoms with Gasteiger partial charge in [0.25, 0.3) is 0 Å². The highest BCUT2D eigenvalue weighted by Gasteiger charge is 2.40. The van der Waals surface area contributed by atoms with Gasteiger partial charge in [-0.3, -0.25) is 9.59 Å². The molecule has 2 N–H and O–H groups in total. The standard InChI is InChI=1S/C32H52N2O6/c1-21-16-22(2)18-24(4)31(37)25(20-33)10-7-8-13-29(40-30(36)19-28(35)23(3)17-21)26-11-9-12-27(26)32(38)39-15-14-34(5)6/h7-8,10,21-24,26-29,31,35,37H,9,11-19H2,1-6H3/b8-7+,25-10-/t21-,22+,23-,24-,26+,27+,28-,29-,31+/m0/s1. The number of likely N-dealkylation sites (N-methyl/N-ethyl adjacent to an activating group) is 1. The summed E-state index contributed by atoms with van der Waals surface area (Å²) in [6, 6.07) is 2.14. The molecule has 1 heterocycles. The zero-order chi connectivity index (χ0) is 29.8. The number of carbonyl (C=O) groups excluding carboxylic acids is 2. The third-order valence-electron chi connectivity index (χ3n) is 8.57. The Morgan fingerprint density at radius 2 is 1.77 bits per heavy atom. The van der Waals surface area contributed by atoms with Crippen molar-refractivity contribution in [3.05, 3.63) is 23.8 Å². The van der Waals surface area contributed by atoms with Crippen LogP contribution in [-0.2, 0) is 19.1 Å². The van der Waals surface area contributed by atoms with E-state index >= 15 is 0 Å². The number of ether oxygens (including phenoxy) is 2. The molecule has 1 saturated carbocycles. The van der Waals surface area contributed by atoms with Crippen molar-refractivity contribution in [2.24, 2.45) is 35.5 Å². The van der Waals surface area contributed by atoms with Gasteiger partial charge in [-0.25, -0.2) is 0 Å². The van der Waals surface area contributed by atoms with Crippen LogP contribution in [0.1, 0.15) is 79.1 Å². The maximum atomic E-state index is 13.0. The SMILES string of the molecule is C[C@@H]1C[C@H](C)C[C@H](C)[C@@H](O)CC(=O)O[C@H]([C@@H]2CCC[C@H]2C(=O)OCCN(C)C)C/C=C/C=C(/C#N)[C@H](O)[C@@H](C)C1. The summed E-state index contributed by atoms with van der Waals surface area (Å²) in [5.74, 6) is -0.744. The minimum atomic E-state index is -0.864. The number of esters is 2.